The molecule has 0 aromatic rings. The summed E-state index contributed by atoms with van der Waals surface area (Å²) in [6.45, 7) is 3.58. The van der Waals surface area contributed by atoms with E-state index in [1.54, 1.807) is 0 Å². The Labute approximate surface area is 122 Å². The number of carbonyl (C=O) groups is 1. The van der Waals surface area contributed by atoms with Crippen LogP contribution in [0, 0.1) is 5.92 Å². The van der Waals surface area contributed by atoms with Gasteiger partial charge in [-0.25, -0.2) is 0 Å². The molecule has 0 saturated heterocycles. The van der Waals surface area contributed by atoms with Crippen molar-refractivity contribution in [1.82, 2.24) is 5.32 Å². The quantitative estimate of drug-likeness (QED) is 0.719. The Kier molecular flexibility index (Phi) is 5.85. The van der Waals surface area contributed by atoms with E-state index in [-0.39, 0.29) is 5.92 Å². The van der Waals surface area contributed by atoms with Crippen molar-refractivity contribution < 1.29 is 14.6 Å². The highest BCUT2D eigenvalue weighted by Gasteiger charge is 2.48. The first-order chi connectivity index (χ1) is 9.69. The van der Waals surface area contributed by atoms with Crippen molar-refractivity contribution in [3.8, 4) is 0 Å². The van der Waals surface area contributed by atoms with E-state index < -0.39 is 11.5 Å². The molecule has 116 valence electrons. The summed E-state index contributed by atoms with van der Waals surface area (Å²) in [4.78, 5) is 11.8. The van der Waals surface area contributed by atoms with Crippen molar-refractivity contribution in [2.24, 2.45) is 5.92 Å². The molecule has 2 atom stereocenters. The van der Waals surface area contributed by atoms with E-state index in [0.717, 1.165) is 45.3 Å². The number of hydrogen-bond donors (Lipinski definition) is 2. The van der Waals surface area contributed by atoms with Crippen LogP contribution in [0.15, 0.2) is 0 Å². The second kappa shape index (κ2) is 7.41. The SMILES string of the molecule is CCCNC1(C(=O)O)CCCC1CCOC1CCCC1. The van der Waals surface area contributed by atoms with E-state index in [2.05, 4.69) is 12.2 Å². The zero-order valence-corrected chi connectivity index (χ0v) is 12.7. The molecule has 0 aliphatic heterocycles. The minimum Gasteiger partial charge on any atom is -0.480 e. The first kappa shape index (κ1) is 15.8. The van der Waals surface area contributed by atoms with E-state index in [1.807, 2.05) is 0 Å². The average Bonchev–Trinajstić information content (AvgIpc) is 3.06. The molecule has 0 aromatic carbocycles. The molecule has 2 rings (SSSR count). The first-order valence-electron chi connectivity index (χ1n) is 8.29. The van der Waals surface area contributed by atoms with Gasteiger partial charge < -0.3 is 15.2 Å². The van der Waals surface area contributed by atoms with E-state index in [1.165, 1.54) is 25.7 Å². The number of aliphatic carboxylic acids is 1. The molecule has 4 heteroatoms. The summed E-state index contributed by atoms with van der Waals surface area (Å²) in [6, 6.07) is 0. The monoisotopic (exact) mass is 283 g/mol. The highest BCUT2D eigenvalue weighted by molar-refractivity contribution is 5.79. The molecule has 2 unspecified atom stereocenters. The van der Waals surface area contributed by atoms with Gasteiger partial charge in [-0.05, 0) is 51.0 Å². The molecule has 0 radical (unpaired) electrons. The number of carboxylic acids is 1. The molecule has 2 saturated carbocycles. The standard InChI is InChI=1S/C16H29NO3/c1-2-11-17-16(15(18)19)10-5-6-13(16)9-12-20-14-7-3-4-8-14/h13-14,17H,2-12H2,1H3,(H,18,19). The van der Waals surface area contributed by atoms with Crippen LogP contribution in [-0.4, -0.2) is 35.9 Å². The number of nitrogens with one attached hydrogen (secondary N) is 1. The Bertz CT molecular complexity index is 315. The zero-order valence-electron chi connectivity index (χ0n) is 12.7. The molecule has 0 aromatic heterocycles. The second-order valence-electron chi connectivity index (χ2n) is 6.36. The predicted octanol–water partition coefficient (Wildman–Crippen LogP) is 2.96. The summed E-state index contributed by atoms with van der Waals surface area (Å²) < 4.78 is 5.92. The van der Waals surface area contributed by atoms with Gasteiger partial charge in [-0.1, -0.05) is 26.2 Å². The lowest BCUT2D eigenvalue weighted by Gasteiger charge is -2.32. The summed E-state index contributed by atoms with van der Waals surface area (Å²) in [7, 11) is 0. The Hall–Kier alpha value is -0.610. The van der Waals surface area contributed by atoms with Gasteiger partial charge in [-0.15, -0.1) is 0 Å². The predicted molar refractivity (Wildman–Crippen MR) is 78.8 cm³/mol. The van der Waals surface area contributed by atoms with Crippen LogP contribution in [0.4, 0.5) is 0 Å². The van der Waals surface area contributed by atoms with Crippen LogP contribution in [0.1, 0.15) is 64.7 Å². The number of carboxylic acid groups (broad SMARTS) is 1. The van der Waals surface area contributed by atoms with Gasteiger partial charge in [0, 0.05) is 6.61 Å². The number of ether oxygens (including phenoxy) is 1. The van der Waals surface area contributed by atoms with Crippen molar-refractivity contribution in [2.75, 3.05) is 13.2 Å². The van der Waals surface area contributed by atoms with Gasteiger partial charge in [0.1, 0.15) is 5.54 Å². The Balaban J connectivity index is 1.85. The third-order valence-electron chi connectivity index (χ3n) is 5.01. The second-order valence-corrected chi connectivity index (χ2v) is 6.36. The van der Waals surface area contributed by atoms with Gasteiger partial charge >= 0.3 is 5.97 Å². The van der Waals surface area contributed by atoms with Crippen molar-refractivity contribution in [1.29, 1.82) is 0 Å². The largest absolute Gasteiger partial charge is 0.480 e. The van der Waals surface area contributed by atoms with Crippen molar-refractivity contribution in [3.05, 3.63) is 0 Å². The Morgan fingerprint density at radius 3 is 2.70 bits per heavy atom. The van der Waals surface area contributed by atoms with Crippen molar-refractivity contribution >= 4 is 5.97 Å². The third kappa shape index (κ3) is 3.53. The van der Waals surface area contributed by atoms with Gasteiger partial charge in [-0.3, -0.25) is 4.79 Å². The molecular weight excluding hydrogens is 254 g/mol. The van der Waals surface area contributed by atoms with E-state index in [0.29, 0.717) is 6.10 Å². The molecule has 0 heterocycles. The minimum absolute atomic E-state index is 0.216. The maximum Gasteiger partial charge on any atom is 0.324 e. The lowest BCUT2D eigenvalue weighted by molar-refractivity contribution is -0.147. The molecule has 0 bridgehead atoms. The normalized spacial score (nSPS) is 30.9. The first-order valence-corrected chi connectivity index (χ1v) is 8.29. The third-order valence-corrected chi connectivity index (χ3v) is 5.01. The smallest absolute Gasteiger partial charge is 0.324 e. The molecule has 4 nitrogen and oxygen atoms in total. The van der Waals surface area contributed by atoms with E-state index in [9.17, 15) is 9.90 Å². The summed E-state index contributed by atoms with van der Waals surface area (Å²) in [5.41, 5.74) is -0.699. The van der Waals surface area contributed by atoms with Gasteiger partial charge in [0.25, 0.3) is 0 Å². The van der Waals surface area contributed by atoms with Crippen molar-refractivity contribution in [3.63, 3.8) is 0 Å². The maximum absolute atomic E-state index is 11.8. The lowest BCUT2D eigenvalue weighted by Crippen LogP contribution is -2.55. The number of hydrogen-bond acceptors (Lipinski definition) is 3. The van der Waals surface area contributed by atoms with Crippen LogP contribution in [0.5, 0.6) is 0 Å². The topological polar surface area (TPSA) is 58.6 Å². The molecule has 0 spiro atoms. The number of rotatable bonds is 8. The summed E-state index contributed by atoms with van der Waals surface area (Å²) in [6.07, 6.45) is 9.99. The average molecular weight is 283 g/mol. The van der Waals surface area contributed by atoms with Crippen LogP contribution in [0.25, 0.3) is 0 Å². The fourth-order valence-electron chi connectivity index (χ4n) is 3.84. The van der Waals surface area contributed by atoms with Crippen LogP contribution in [0.2, 0.25) is 0 Å². The summed E-state index contributed by atoms with van der Waals surface area (Å²) >= 11 is 0. The van der Waals surface area contributed by atoms with Gasteiger partial charge in [0.15, 0.2) is 0 Å². The molecule has 2 fully saturated rings. The highest BCUT2D eigenvalue weighted by Crippen LogP contribution is 2.38. The van der Waals surface area contributed by atoms with Crippen molar-refractivity contribution in [2.45, 2.75) is 76.4 Å². The molecule has 2 aliphatic carbocycles. The maximum atomic E-state index is 11.8. The van der Waals surface area contributed by atoms with Gasteiger partial charge in [0.05, 0.1) is 6.10 Å². The Morgan fingerprint density at radius 1 is 1.30 bits per heavy atom. The minimum atomic E-state index is -0.699. The van der Waals surface area contributed by atoms with Gasteiger partial charge in [0.2, 0.25) is 0 Å². The van der Waals surface area contributed by atoms with Crippen LogP contribution in [-0.2, 0) is 9.53 Å². The summed E-state index contributed by atoms with van der Waals surface area (Å²) in [5.74, 6) is -0.456. The zero-order chi connectivity index (χ0) is 14.4. The van der Waals surface area contributed by atoms with Crippen LogP contribution in [0.3, 0.4) is 0 Å². The highest BCUT2D eigenvalue weighted by atomic mass is 16.5. The van der Waals surface area contributed by atoms with E-state index in [4.69, 9.17) is 4.74 Å². The lowest BCUT2D eigenvalue weighted by atomic mass is 9.84. The molecule has 2 N–H and O–H groups in total. The molecular formula is C16H29NO3. The Morgan fingerprint density at radius 2 is 2.05 bits per heavy atom. The molecule has 2 aliphatic rings. The van der Waals surface area contributed by atoms with Crippen LogP contribution >= 0.6 is 0 Å². The fourth-order valence-corrected chi connectivity index (χ4v) is 3.84. The molecule has 20 heavy (non-hydrogen) atoms. The summed E-state index contributed by atoms with van der Waals surface area (Å²) in [5, 5.41) is 13.0. The fraction of sp³-hybridized carbons (Fsp3) is 0.938. The van der Waals surface area contributed by atoms with Gasteiger partial charge in [-0.2, -0.15) is 0 Å². The molecule has 0 amide bonds. The van der Waals surface area contributed by atoms with Crippen LogP contribution < -0.4 is 5.32 Å². The van der Waals surface area contributed by atoms with E-state index >= 15 is 0 Å².